The maximum Gasteiger partial charge on any atom is 0.238 e. The third-order valence-corrected chi connectivity index (χ3v) is 10.9. The molecule has 0 bridgehead atoms. The van der Waals surface area contributed by atoms with E-state index in [4.69, 9.17) is 4.74 Å². The number of nitrogens with zero attached hydrogens (tertiary/aromatic N) is 2. The molecule has 2 aliphatic heterocycles. The topological polar surface area (TPSA) is 61.9 Å². The number of hydrazine groups is 1. The highest BCUT2D eigenvalue weighted by Gasteiger charge is 2.46. The van der Waals surface area contributed by atoms with Gasteiger partial charge in [0.25, 0.3) is 0 Å². The third-order valence-electron chi connectivity index (χ3n) is 8.57. The minimum atomic E-state index is -3.38. The Hall–Kier alpha value is -0.890. The number of allylic oxidation sites excluding steroid dienone is 4. The zero-order chi connectivity index (χ0) is 23.4. The molecule has 2 saturated heterocycles. The number of ether oxygens (including phenoxy) is 1. The molecule has 0 amide bonds. The summed E-state index contributed by atoms with van der Waals surface area (Å²) in [6.45, 7) is 10.2. The van der Waals surface area contributed by atoms with Gasteiger partial charge in [0.2, 0.25) is 10.0 Å². The summed E-state index contributed by atoms with van der Waals surface area (Å²) in [6, 6.07) is 0.534. The lowest BCUT2D eigenvalue weighted by atomic mass is 9.85. The van der Waals surface area contributed by atoms with Gasteiger partial charge in [-0.2, -0.15) is 0 Å². The highest BCUT2D eigenvalue weighted by atomic mass is 32.2. The predicted molar refractivity (Wildman–Crippen MR) is 134 cm³/mol. The van der Waals surface area contributed by atoms with Gasteiger partial charge < -0.3 is 4.74 Å². The third kappa shape index (κ3) is 5.52. The molecular weight excluding hydrogens is 434 g/mol. The van der Waals surface area contributed by atoms with E-state index in [0.29, 0.717) is 17.9 Å². The first kappa shape index (κ1) is 25.2. The molecule has 0 spiro atoms. The Kier molecular flexibility index (Phi) is 8.58. The Bertz CT molecular complexity index is 815. The van der Waals surface area contributed by atoms with E-state index in [-0.39, 0.29) is 11.3 Å². The summed E-state index contributed by atoms with van der Waals surface area (Å²) in [7, 11) is -3.38. The van der Waals surface area contributed by atoms with Gasteiger partial charge in [-0.15, -0.1) is 0 Å². The normalized spacial score (nSPS) is 29.6. The van der Waals surface area contributed by atoms with Gasteiger partial charge in [-0.05, 0) is 82.1 Å². The fourth-order valence-corrected chi connectivity index (χ4v) is 8.84. The minimum absolute atomic E-state index is 0.0577. The van der Waals surface area contributed by atoms with Gasteiger partial charge in [-0.3, -0.25) is 9.73 Å². The molecule has 4 rings (SSSR count). The van der Waals surface area contributed by atoms with Gasteiger partial charge in [0.15, 0.2) is 0 Å². The quantitative estimate of drug-likeness (QED) is 0.523. The average molecular weight is 480 g/mol. The molecule has 1 saturated carbocycles. The maximum atomic E-state index is 14.1. The lowest BCUT2D eigenvalue weighted by Crippen LogP contribution is -2.49. The molecule has 0 aromatic carbocycles. The molecule has 1 N–H and O–H groups in total. The Morgan fingerprint density at radius 3 is 2.48 bits per heavy atom. The van der Waals surface area contributed by atoms with Crippen molar-refractivity contribution in [3.05, 3.63) is 23.4 Å². The van der Waals surface area contributed by atoms with Crippen LogP contribution in [0.5, 0.6) is 0 Å². The van der Waals surface area contributed by atoms with Crippen LogP contribution < -0.4 is 5.43 Å². The largest absolute Gasteiger partial charge is 0.381 e. The highest BCUT2D eigenvalue weighted by Crippen LogP contribution is 2.39. The molecule has 7 heteroatoms. The molecule has 3 fully saturated rings. The molecule has 2 aliphatic carbocycles. The summed E-state index contributed by atoms with van der Waals surface area (Å²) in [5.74, 6) is 1.12. The van der Waals surface area contributed by atoms with E-state index < -0.39 is 10.0 Å². The van der Waals surface area contributed by atoms with Crippen molar-refractivity contribution in [3.8, 4) is 0 Å². The van der Waals surface area contributed by atoms with Gasteiger partial charge in [-0.1, -0.05) is 32.4 Å². The van der Waals surface area contributed by atoms with E-state index in [1.807, 2.05) is 4.31 Å². The molecule has 3 atom stereocenters. The van der Waals surface area contributed by atoms with E-state index in [2.05, 4.69) is 43.4 Å². The monoisotopic (exact) mass is 479 g/mol. The summed E-state index contributed by atoms with van der Waals surface area (Å²) < 4.78 is 35.6. The first-order valence-corrected chi connectivity index (χ1v) is 15.0. The van der Waals surface area contributed by atoms with Crippen LogP contribution in [0.25, 0.3) is 0 Å². The zero-order valence-electron chi connectivity index (χ0n) is 21.0. The molecular formula is C26H45N3O3S. The van der Waals surface area contributed by atoms with Crippen LogP contribution in [0.2, 0.25) is 0 Å². The van der Waals surface area contributed by atoms with E-state index in [0.717, 1.165) is 96.2 Å². The van der Waals surface area contributed by atoms with E-state index in [1.54, 1.807) is 0 Å². The average Bonchev–Trinajstić information content (AvgIpc) is 3.25. The number of sulfonamides is 1. The zero-order valence-corrected chi connectivity index (χ0v) is 21.8. The van der Waals surface area contributed by atoms with Crippen LogP contribution in [0, 0.1) is 11.8 Å². The number of rotatable bonds is 9. The van der Waals surface area contributed by atoms with Gasteiger partial charge >= 0.3 is 0 Å². The van der Waals surface area contributed by atoms with Crippen LogP contribution in [-0.2, 0) is 14.8 Å². The van der Waals surface area contributed by atoms with E-state index >= 15 is 0 Å². The minimum Gasteiger partial charge on any atom is -0.381 e. The summed E-state index contributed by atoms with van der Waals surface area (Å²) in [5, 5.41) is 2.18. The molecule has 188 valence electrons. The van der Waals surface area contributed by atoms with Crippen LogP contribution >= 0.6 is 0 Å². The summed E-state index contributed by atoms with van der Waals surface area (Å²) in [6.07, 6.45) is 13.6. The SMILES string of the molecule is CCC1=CC=C(N(C(CC)CC)S(=O)(=O)C2CCC3C(CNN3CC3CCOCC3)C2)CC1. The Balaban J connectivity index is 1.47. The molecule has 4 aliphatic rings. The van der Waals surface area contributed by atoms with Crippen molar-refractivity contribution >= 4 is 10.0 Å². The van der Waals surface area contributed by atoms with Crippen LogP contribution in [0.3, 0.4) is 0 Å². The van der Waals surface area contributed by atoms with Gasteiger partial charge in [0.05, 0.1) is 5.25 Å². The van der Waals surface area contributed by atoms with Crippen LogP contribution in [-0.4, -0.2) is 61.4 Å². The first-order valence-electron chi connectivity index (χ1n) is 13.5. The van der Waals surface area contributed by atoms with Crippen molar-refractivity contribution < 1.29 is 13.2 Å². The molecule has 0 aromatic rings. The number of fused-ring (bicyclic) bond motifs is 1. The second-order valence-corrected chi connectivity index (χ2v) is 12.6. The Labute approximate surface area is 201 Å². The van der Waals surface area contributed by atoms with E-state index in [9.17, 15) is 8.42 Å². The number of hydrogen-bond acceptors (Lipinski definition) is 5. The second-order valence-electron chi connectivity index (χ2n) is 10.5. The van der Waals surface area contributed by atoms with Crippen molar-refractivity contribution in [2.75, 3.05) is 26.3 Å². The molecule has 6 nitrogen and oxygen atoms in total. The lowest BCUT2D eigenvalue weighted by molar-refractivity contribution is 0.0371. The van der Waals surface area contributed by atoms with Crippen molar-refractivity contribution in [3.63, 3.8) is 0 Å². The molecule has 3 unspecified atom stereocenters. The Morgan fingerprint density at radius 1 is 1.09 bits per heavy atom. The van der Waals surface area contributed by atoms with Crippen molar-refractivity contribution in [1.82, 2.24) is 14.7 Å². The number of hydrogen-bond donors (Lipinski definition) is 1. The van der Waals surface area contributed by atoms with E-state index in [1.165, 1.54) is 5.57 Å². The summed E-state index contributed by atoms with van der Waals surface area (Å²) in [5.41, 5.74) is 6.06. The van der Waals surface area contributed by atoms with Crippen LogP contribution in [0.1, 0.15) is 85.0 Å². The fourth-order valence-electron chi connectivity index (χ4n) is 6.40. The Morgan fingerprint density at radius 2 is 1.85 bits per heavy atom. The highest BCUT2D eigenvalue weighted by molar-refractivity contribution is 7.89. The smallest absolute Gasteiger partial charge is 0.238 e. The predicted octanol–water partition coefficient (Wildman–Crippen LogP) is 4.61. The second kappa shape index (κ2) is 11.2. The first-order chi connectivity index (χ1) is 16.0. The fraction of sp³-hybridized carbons (Fsp3) is 0.846. The van der Waals surface area contributed by atoms with Crippen LogP contribution in [0.15, 0.2) is 23.4 Å². The maximum absolute atomic E-state index is 14.1. The van der Waals surface area contributed by atoms with Gasteiger partial charge in [0.1, 0.15) is 0 Å². The van der Waals surface area contributed by atoms with Crippen LogP contribution in [0.4, 0.5) is 0 Å². The molecule has 33 heavy (non-hydrogen) atoms. The number of nitrogens with one attached hydrogen (secondary N) is 1. The van der Waals surface area contributed by atoms with Gasteiger partial charge in [-0.25, -0.2) is 13.4 Å². The lowest BCUT2D eigenvalue weighted by Gasteiger charge is -2.41. The summed E-state index contributed by atoms with van der Waals surface area (Å²) >= 11 is 0. The molecule has 0 radical (unpaired) electrons. The summed E-state index contributed by atoms with van der Waals surface area (Å²) in [4.78, 5) is 0. The standard InChI is InChI=1S/C26H45N3O3S/c1-4-20-7-9-24(10-8-20)29(23(5-2)6-3)33(30,31)25-11-12-26-22(17-25)18-27-28(26)19-21-13-15-32-16-14-21/h7,9,21-23,25-27H,4-6,8,10-19H2,1-3H3. The van der Waals surface area contributed by atoms with Crippen molar-refractivity contribution in [1.29, 1.82) is 0 Å². The van der Waals surface area contributed by atoms with Crippen molar-refractivity contribution in [2.45, 2.75) is 102 Å². The van der Waals surface area contributed by atoms with Crippen molar-refractivity contribution in [2.24, 2.45) is 11.8 Å². The molecule has 2 heterocycles. The van der Waals surface area contributed by atoms with Gasteiger partial charge in [0, 0.05) is 44.1 Å². The molecule has 0 aromatic heterocycles.